The van der Waals surface area contributed by atoms with Gasteiger partial charge >= 0.3 is 0 Å². The number of aromatic nitrogens is 2. The zero-order valence-corrected chi connectivity index (χ0v) is 21.5. The fraction of sp³-hybridized carbons (Fsp3) is 0.500. The molecule has 1 aliphatic carbocycles. The van der Waals surface area contributed by atoms with Crippen molar-refractivity contribution in [3.8, 4) is 11.5 Å². The molecular weight excluding hydrogens is 478 g/mol. The number of ether oxygens (including phenoxy) is 2. The molecule has 2 heterocycles. The average Bonchev–Trinajstić information content (AvgIpc) is 3.64. The first-order valence-corrected chi connectivity index (χ1v) is 12.9. The van der Waals surface area contributed by atoms with Crippen molar-refractivity contribution in [1.82, 2.24) is 14.9 Å². The van der Waals surface area contributed by atoms with E-state index in [4.69, 9.17) is 14.6 Å². The number of benzene rings is 2. The summed E-state index contributed by atoms with van der Waals surface area (Å²) in [4.78, 5) is 11.8. The summed E-state index contributed by atoms with van der Waals surface area (Å²) >= 11 is 0. The van der Waals surface area contributed by atoms with Crippen LogP contribution in [-0.4, -0.2) is 58.9 Å². The number of hydrogen-bond donors (Lipinski definition) is 2. The Balaban J connectivity index is 1.42. The van der Waals surface area contributed by atoms with Crippen molar-refractivity contribution in [2.45, 2.75) is 63.6 Å². The number of alkyl halides is 2. The van der Waals surface area contributed by atoms with Crippen molar-refractivity contribution in [2.75, 3.05) is 32.2 Å². The van der Waals surface area contributed by atoms with Gasteiger partial charge in [0.15, 0.2) is 11.5 Å². The van der Waals surface area contributed by atoms with E-state index in [2.05, 4.69) is 20.2 Å². The van der Waals surface area contributed by atoms with Crippen LogP contribution in [-0.2, 0) is 5.92 Å². The van der Waals surface area contributed by atoms with Crippen LogP contribution in [0, 0.1) is 6.92 Å². The summed E-state index contributed by atoms with van der Waals surface area (Å²) in [6, 6.07) is 10.6. The standard InChI is InChI=1S/C28H34F2N4O3/c1-17(19-6-4-7-20(12-19)28(29,30)16-35)31-27-23-13-26(25(36-3)14-24(23)32-18(2)33-27)37-15-22-8-5-11-34(22)21-9-10-21/h4,6-7,12-14,17,21-22,35H,5,8-11,15-16H2,1-3H3,(H,31,32,33)/t17-,22+/m1/s1. The Bertz CT molecular complexity index is 1270. The number of rotatable bonds is 10. The summed E-state index contributed by atoms with van der Waals surface area (Å²) in [5, 5.41) is 13.2. The van der Waals surface area contributed by atoms with E-state index in [1.807, 2.05) is 19.1 Å². The van der Waals surface area contributed by atoms with E-state index < -0.39 is 12.5 Å². The number of aliphatic hydroxyl groups excluding tert-OH is 1. The first kappa shape index (κ1) is 25.6. The lowest BCUT2D eigenvalue weighted by atomic mass is 10.0. The van der Waals surface area contributed by atoms with Gasteiger partial charge in [-0.3, -0.25) is 4.90 Å². The first-order chi connectivity index (χ1) is 17.8. The molecule has 0 spiro atoms. The van der Waals surface area contributed by atoms with Gasteiger partial charge in [0.25, 0.3) is 5.92 Å². The highest BCUT2D eigenvalue weighted by Gasteiger charge is 2.37. The molecule has 0 unspecified atom stereocenters. The highest BCUT2D eigenvalue weighted by molar-refractivity contribution is 5.92. The van der Waals surface area contributed by atoms with Gasteiger partial charge in [-0.25, -0.2) is 9.97 Å². The smallest absolute Gasteiger partial charge is 0.295 e. The zero-order chi connectivity index (χ0) is 26.2. The second kappa shape index (κ2) is 10.4. The molecule has 1 saturated carbocycles. The number of aryl methyl sites for hydroxylation is 1. The molecule has 2 aliphatic rings. The van der Waals surface area contributed by atoms with Crippen LogP contribution in [0.1, 0.15) is 55.6 Å². The fourth-order valence-corrected chi connectivity index (χ4v) is 5.16. The van der Waals surface area contributed by atoms with Crippen molar-refractivity contribution >= 4 is 16.7 Å². The summed E-state index contributed by atoms with van der Waals surface area (Å²) < 4.78 is 40.1. The highest BCUT2D eigenvalue weighted by Crippen LogP contribution is 2.38. The minimum Gasteiger partial charge on any atom is -0.493 e. The molecule has 2 atom stereocenters. The number of anilines is 1. The van der Waals surface area contributed by atoms with Crippen molar-refractivity contribution in [1.29, 1.82) is 0 Å². The molecule has 198 valence electrons. The summed E-state index contributed by atoms with van der Waals surface area (Å²) in [6.07, 6.45) is 4.89. The van der Waals surface area contributed by atoms with Crippen molar-refractivity contribution in [3.05, 3.63) is 53.3 Å². The Kier molecular flexibility index (Phi) is 7.18. The average molecular weight is 513 g/mol. The molecule has 0 bridgehead atoms. The predicted molar refractivity (Wildman–Crippen MR) is 139 cm³/mol. The molecule has 2 fully saturated rings. The van der Waals surface area contributed by atoms with Crippen LogP contribution in [0.2, 0.25) is 0 Å². The van der Waals surface area contributed by atoms with E-state index >= 15 is 0 Å². The molecule has 2 N–H and O–H groups in total. The molecule has 1 aromatic heterocycles. The Morgan fingerprint density at radius 3 is 2.70 bits per heavy atom. The van der Waals surface area contributed by atoms with Gasteiger partial charge < -0.3 is 19.9 Å². The lowest BCUT2D eigenvalue weighted by Crippen LogP contribution is -2.35. The molecule has 0 amide bonds. The summed E-state index contributed by atoms with van der Waals surface area (Å²) in [5.74, 6) is -0.901. The van der Waals surface area contributed by atoms with E-state index in [1.165, 1.54) is 31.4 Å². The van der Waals surface area contributed by atoms with Crippen molar-refractivity contribution in [2.24, 2.45) is 0 Å². The van der Waals surface area contributed by atoms with E-state index in [-0.39, 0.29) is 11.6 Å². The fourth-order valence-electron chi connectivity index (χ4n) is 5.16. The van der Waals surface area contributed by atoms with Crippen LogP contribution in [0.4, 0.5) is 14.6 Å². The van der Waals surface area contributed by atoms with Crippen LogP contribution < -0.4 is 14.8 Å². The third-order valence-electron chi connectivity index (χ3n) is 7.32. The normalized spacial score (nSPS) is 19.2. The second-order valence-electron chi connectivity index (χ2n) is 10.1. The van der Waals surface area contributed by atoms with Gasteiger partial charge in [0.05, 0.1) is 12.6 Å². The van der Waals surface area contributed by atoms with Gasteiger partial charge in [-0.15, -0.1) is 0 Å². The first-order valence-electron chi connectivity index (χ1n) is 12.9. The monoisotopic (exact) mass is 512 g/mol. The number of fused-ring (bicyclic) bond motifs is 1. The largest absolute Gasteiger partial charge is 0.493 e. The lowest BCUT2D eigenvalue weighted by Gasteiger charge is -2.25. The van der Waals surface area contributed by atoms with E-state index in [1.54, 1.807) is 26.2 Å². The Morgan fingerprint density at radius 1 is 1.16 bits per heavy atom. The third-order valence-corrected chi connectivity index (χ3v) is 7.32. The number of halogens is 2. The quantitative estimate of drug-likeness (QED) is 0.386. The maximum atomic E-state index is 14.1. The molecule has 2 aromatic carbocycles. The minimum atomic E-state index is -3.30. The number of methoxy groups -OCH3 is 1. The lowest BCUT2D eigenvalue weighted by molar-refractivity contribution is -0.0556. The summed E-state index contributed by atoms with van der Waals surface area (Å²) in [7, 11) is 1.62. The Morgan fingerprint density at radius 2 is 1.97 bits per heavy atom. The number of aliphatic hydroxyl groups is 1. The minimum absolute atomic E-state index is 0.225. The topological polar surface area (TPSA) is 79.7 Å². The van der Waals surface area contributed by atoms with Gasteiger partial charge in [-0.2, -0.15) is 8.78 Å². The molecule has 0 radical (unpaired) electrons. The summed E-state index contributed by atoms with van der Waals surface area (Å²) in [6.45, 7) is 4.18. The van der Waals surface area contributed by atoms with Crippen LogP contribution in [0.25, 0.3) is 10.9 Å². The van der Waals surface area contributed by atoms with Gasteiger partial charge in [-0.1, -0.05) is 18.2 Å². The van der Waals surface area contributed by atoms with Gasteiger partial charge in [0, 0.05) is 35.1 Å². The molecule has 1 aliphatic heterocycles. The molecule has 9 heteroatoms. The van der Waals surface area contributed by atoms with Gasteiger partial charge in [0.2, 0.25) is 0 Å². The Labute approximate surface area is 215 Å². The predicted octanol–water partition coefficient (Wildman–Crippen LogP) is 5.21. The Hall–Kier alpha value is -3.04. The number of nitrogens with zero attached hydrogens (tertiary/aromatic N) is 3. The highest BCUT2D eigenvalue weighted by atomic mass is 19.3. The molecule has 5 rings (SSSR count). The number of likely N-dealkylation sites (tertiary alicyclic amines) is 1. The maximum Gasteiger partial charge on any atom is 0.295 e. The summed E-state index contributed by atoms with van der Waals surface area (Å²) in [5.41, 5.74) is 1.13. The maximum absolute atomic E-state index is 14.1. The molecule has 37 heavy (non-hydrogen) atoms. The third kappa shape index (κ3) is 5.48. The van der Waals surface area contributed by atoms with E-state index in [9.17, 15) is 8.78 Å². The number of hydrogen-bond acceptors (Lipinski definition) is 7. The SMILES string of the molecule is COc1cc2nc(C)nc(N[C@H](C)c3cccc(C(F)(F)CO)c3)c2cc1OC[C@@H]1CCCN1C1CC1. The van der Waals surface area contributed by atoms with Crippen LogP contribution in [0.5, 0.6) is 11.5 Å². The van der Waals surface area contributed by atoms with Crippen LogP contribution >= 0.6 is 0 Å². The van der Waals surface area contributed by atoms with Crippen molar-refractivity contribution < 1.29 is 23.4 Å². The molecule has 1 saturated heterocycles. The van der Waals surface area contributed by atoms with Crippen LogP contribution in [0.15, 0.2) is 36.4 Å². The van der Waals surface area contributed by atoms with Crippen LogP contribution in [0.3, 0.4) is 0 Å². The molecule has 3 aromatic rings. The van der Waals surface area contributed by atoms with E-state index in [0.717, 1.165) is 18.4 Å². The molecule has 7 nitrogen and oxygen atoms in total. The van der Waals surface area contributed by atoms with Gasteiger partial charge in [-0.05, 0) is 63.8 Å². The molecular formula is C28H34F2N4O3. The second-order valence-corrected chi connectivity index (χ2v) is 10.1. The number of nitrogens with one attached hydrogen (secondary N) is 1. The van der Waals surface area contributed by atoms with Crippen molar-refractivity contribution in [3.63, 3.8) is 0 Å². The van der Waals surface area contributed by atoms with Gasteiger partial charge in [0.1, 0.15) is 24.9 Å². The van der Waals surface area contributed by atoms with E-state index in [0.29, 0.717) is 52.9 Å². The zero-order valence-electron chi connectivity index (χ0n) is 21.5.